The maximum Gasteiger partial charge on any atom is 0.0464 e. The van der Waals surface area contributed by atoms with Crippen molar-refractivity contribution < 1.29 is 0 Å². The van der Waals surface area contributed by atoms with E-state index < -0.39 is 0 Å². The fourth-order valence-corrected chi connectivity index (χ4v) is 9.38. The summed E-state index contributed by atoms with van der Waals surface area (Å²) in [6, 6.07) is 86.9. The minimum absolute atomic E-state index is 0.814. The predicted molar refractivity (Wildman–Crippen MR) is 258 cm³/mol. The number of nitrogens with zero attached hydrogens (tertiary/aromatic N) is 1. The van der Waals surface area contributed by atoms with Crippen molar-refractivity contribution in [3.8, 4) is 55.6 Å². The average Bonchev–Trinajstić information content (AvgIpc) is 3.33. The summed E-state index contributed by atoms with van der Waals surface area (Å²) in [6.45, 7) is 0. The number of anilines is 3. The molecule has 0 unspecified atom stereocenters. The van der Waals surface area contributed by atoms with Gasteiger partial charge in [-0.25, -0.2) is 0 Å². The number of hydrogen-bond acceptors (Lipinski definition) is 1. The average molecular weight is 778 g/mol. The zero-order valence-corrected chi connectivity index (χ0v) is 33.9. The Bertz CT molecular complexity index is 3170. The largest absolute Gasteiger partial charge is 0.310 e. The maximum absolute atomic E-state index is 2.43. The third kappa shape index (κ3) is 7.01. The number of hydrogen-bond donors (Lipinski definition) is 0. The molecule has 1 aliphatic rings. The first-order valence-corrected chi connectivity index (χ1v) is 21.3. The molecule has 0 aromatic heterocycles. The molecule has 0 bridgehead atoms. The van der Waals surface area contributed by atoms with Gasteiger partial charge in [0.05, 0.1) is 0 Å². The Morgan fingerprint density at radius 1 is 0.246 bits per heavy atom. The van der Waals surface area contributed by atoms with E-state index in [-0.39, 0.29) is 0 Å². The van der Waals surface area contributed by atoms with Crippen LogP contribution in [0.4, 0.5) is 17.1 Å². The van der Waals surface area contributed by atoms with Crippen LogP contribution in [0.15, 0.2) is 237 Å². The first-order valence-electron chi connectivity index (χ1n) is 21.3. The highest BCUT2D eigenvalue weighted by Crippen LogP contribution is 2.42. The molecule has 0 fully saturated rings. The molecule has 0 heterocycles. The van der Waals surface area contributed by atoms with Crippen molar-refractivity contribution in [1.29, 1.82) is 0 Å². The van der Waals surface area contributed by atoms with Gasteiger partial charge in [-0.3, -0.25) is 0 Å². The lowest BCUT2D eigenvalue weighted by Gasteiger charge is -2.28. The first kappa shape index (κ1) is 36.3. The van der Waals surface area contributed by atoms with Gasteiger partial charge in [-0.1, -0.05) is 194 Å². The van der Waals surface area contributed by atoms with Crippen LogP contribution in [0.2, 0.25) is 0 Å². The van der Waals surface area contributed by atoms with Crippen LogP contribution in [0.1, 0.15) is 22.3 Å². The minimum Gasteiger partial charge on any atom is -0.310 e. The molecule has 11 rings (SSSR count). The highest BCUT2D eigenvalue weighted by molar-refractivity contribution is 5.97. The van der Waals surface area contributed by atoms with E-state index in [0.717, 1.165) is 29.9 Å². The standard InChI is InChI=1S/C60H43N/c1-2-14-42(15-3-1)43-28-32-52(33-29-43)61(53-34-30-44(31-35-53)46-21-12-22-50(38-46)59-27-13-20-45-16-4-8-23-55(45)59)54-36-37-60-51(41-54)40-49-19-7-10-25-57(49)56-24-9-5-17-47(56)39-48-18-6-11-26-58(48)60/h1-38,41H,39-40H2. The highest BCUT2D eigenvalue weighted by atomic mass is 15.1. The van der Waals surface area contributed by atoms with Gasteiger partial charge in [0.25, 0.3) is 0 Å². The molecule has 0 atom stereocenters. The highest BCUT2D eigenvalue weighted by Gasteiger charge is 2.21. The van der Waals surface area contributed by atoms with E-state index in [9.17, 15) is 0 Å². The van der Waals surface area contributed by atoms with Gasteiger partial charge in [-0.05, 0) is 144 Å². The normalized spacial score (nSPS) is 11.8. The third-order valence-corrected chi connectivity index (χ3v) is 12.4. The Hall–Kier alpha value is -7.74. The van der Waals surface area contributed by atoms with Crippen molar-refractivity contribution in [2.45, 2.75) is 12.8 Å². The second kappa shape index (κ2) is 15.8. The zero-order valence-electron chi connectivity index (χ0n) is 33.9. The van der Waals surface area contributed by atoms with Crippen LogP contribution < -0.4 is 4.90 Å². The van der Waals surface area contributed by atoms with Gasteiger partial charge in [-0.15, -0.1) is 0 Å². The van der Waals surface area contributed by atoms with Crippen LogP contribution in [-0.2, 0) is 12.8 Å². The number of rotatable bonds is 6. The molecule has 1 nitrogen and oxygen atoms in total. The van der Waals surface area contributed by atoms with E-state index in [1.54, 1.807) is 0 Å². The smallest absolute Gasteiger partial charge is 0.0464 e. The Balaban J connectivity index is 1.03. The molecule has 0 amide bonds. The van der Waals surface area contributed by atoms with Gasteiger partial charge in [0.2, 0.25) is 0 Å². The Morgan fingerprint density at radius 2 is 0.672 bits per heavy atom. The van der Waals surface area contributed by atoms with Crippen LogP contribution in [0, 0.1) is 0 Å². The Kier molecular flexibility index (Phi) is 9.41. The van der Waals surface area contributed by atoms with Gasteiger partial charge in [0, 0.05) is 17.1 Å². The van der Waals surface area contributed by atoms with Gasteiger partial charge < -0.3 is 4.90 Å². The van der Waals surface area contributed by atoms with Crippen LogP contribution in [-0.4, -0.2) is 0 Å². The van der Waals surface area contributed by atoms with Crippen molar-refractivity contribution in [3.05, 3.63) is 259 Å². The lowest BCUT2D eigenvalue weighted by Crippen LogP contribution is -2.11. The molecule has 1 heteroatoms. The lowest BCUT2D eigenvalue weighted by atomic mass is 9.84. The summed E-state index contributed by atoms with van der Waals surface area (Å²) in [7, 11) is 0. The molecule has 0 N–H and O–H groups in total. The summed E-state index contributed by atoms with van der Waals surface area (Å²) < 4.78 is 0. The van der Waals surface area contributed by atoms with Crippen LogP contribution in [0.25, 0.3) is 66.4 Å². The second-order valence-corrected chi connectivity index (χ2v) is 16.1. The van der Waals surface area contributed by atoms with Crippen molar-refractivity contribution in [1.82, 2.24) is 0 Å². The van der Waals surface area contributed by atoms with Crippen LogP contribution in [0.5, 0.6) is 0 Å². The minimum atomic E-state index is 0.814. The van der Waals surface area contributed by atoms with Crippen molar-refractivity contribution in [2.24, 2.45) is 0 Å². The molecule has 288 valence electrons. The monoisotopic (exact) mass is 777 g/mol. The maximum atomic E-state index is 2.43. The van der Waals surface area contributed by atoms with Crippen LogP contribution >= 0.6 is 0 Å². The fourth-order valence-electron chi connectivity index (χ4n) is 9.38. The first-order chi connectivity index (χ1) is 30.2. The van der Waals surface area contributed by atoms with Gasteiger partial charge in [0.1, 0.15) is 0 Å². The molecule has 0 saturated heterocycles. The third-order valence-electron chi connectivity index (χ3n) is 12.4. The summed E-state index contributed by atoms with van der Waals surface area (Å²) in [5, 5.41) is 2.52. The quantitative estimate of drug-likeness (QED) is 0.163. The molecule has 1 aliphatic carbocycles. The van der Waals surface area contributed by atoms with E-state index in [0.29, 0.717) is 0 Å². The summed E-state index contributed by atoms with van der Waals surface area (Å²) >= 11 is 0. The molecule has 61 heavy (non-hydrogen) atoms. The lowest BCUT2D eigenvalue weighted by molar-refractivity contribution is 1.14. The van der Waals surface area contributed by atoms with Gasteiger partial charge in [-0.2, -0.15) is 0 Å². The molecule has 10 aromatic rings. The molecule has 0 aliphatic heterocycles. The fraction of sp³-hybridized carbons (Fsp3) is 0.0333. The zero-order chi connectivity index (χ0) is 40.5. The molecular formula is C60H43N. The second-order valence-electron chi connectivity index (χ2n) is 16.1. The Morgan fingerprint density at radius 3 is 1.33 bits per heavy atom. The SMILES string of the molecule is c1ccc(-c2ccc(N(c3ccc(-c4cccc(-c5cccc6ccccc56)c4)cc3)c3ccc4c(c3)Cc3ccccc3-c3ccccc3Cc3ccccc3-4)cc2)cc1. The molecule has 0 spiro atoms. The van der Waals surface area contributed by atoms with E-state index in [1.165, 1.54) is 88.7 Å². The molecular weight excluding hydrogens is 735 g/mol. The number of fused-ring (bicyclic) bond motifs is 7. The topological polar surface area (TPSA) is 3.24 Å². The summed E-state index contributed by atoms with van der Waals surface area (Å²) in [5.41, 5.74) is 21.2. The van der Waals surface area contributed by atoms with Crippen molar-refractivity contribution >= 4 is 27.8 Å². The van der Waals surface area contributed by atoms with Crippen molar-refractivity contribution in [3.63, 3.8) is 0 Å². The summed E-state index contributed by atoms with van der Waals surface area (Å²) in [6.07, 6.45) is 1.69. The Labute approximate surface area is 358 Å². The molecule has 10 aromatic carbocycles. The van der Waals surface area contributed by atoms with E-state index >= 15 is 0 Å². The number of benzene rings is 10. The summed E-state index contributed by atoms with van der Waals surface area (Å²) in [4.78, 5) is 2.41. The van der Waals surface area contributed by atoms with Crippen molar-refractivity contribution in [2.75, 3.05) is 4.90 Å². The van der Waals surface area contributed by atoms with Crippen LogP contribution in [0.3, 0.4) is 0 Å². The van der Waals surface area contributed by atoms with E-state index in [4.69, 9.17) is 0 Å². The predicted octanol–water partition coefficient (Wildman–Crippen LogP) is 16.1. The molecule has 0 radical (unpaired) electrons. The summed E-state index contributed by atoms with van der Waals surface area (Å²) in [5.74, 6) is 0. The molecule has 0 saturated carbocycles. The van der Waals surface area contributed by atoms with E-state index in [1.807, 2.05) is 0 Å². The van der Waals surface area contributed by atoms with E-state index in [2.05, 4.69) is 241 Å². The van der Waals surface area contributed by atoms with Gasteiger partial charge >= 0.3 is 0 Å². The van der Waals surface area contributed by atoms with Gasteiger partial charge in [0.15, 0.2) is 0 Å².